The molecule has 118 valence electrons. The minimum absolute atomic E-state index is 0.192. The van der Waals surface area contributed by atoms with E-state index in [-0.39, 0.29) is 11.1 Å². The van der Waals surface area contributed by atoms with Crippen molar-refractivity contribution >= 4 is 16.7 Å². The third kappa shape index (κ3) is 2.70. The highest BCUT2D eigenvalue weighted by Gasteiger charge is 2.27. The third-order valence-corrected chi connectivity index (χ3v) is 4.55. The van der Waals surface area contributed by atoms with Crippen LogP contribution in [0.15, 0.2) is 23.1 Å². The van der Waals surface area contributed by atoms with Crippen molar-refractivity contribution in [1.82, 2.24) is 9.55 Å². The van der Waals surface area contributed by atoms with Gasteiger partial charge in [0.05, 0.1) is 22.9 Å². The fraction of sp³-hybridized carbons (Fsp3) is 0.500. The second-order valence-electron chi connectivity index (χ2n) is 6.22. The van der Waals surface area contributed by atoms with E-state index >= 15 is 0 Å². The zero-order chi connectivity index (χ0) is 15.7. The predicted octanol–water partition coefficient (Wildman–Crippen LogP) is 2.15. The minimum Gasteiger partial charge on any atom is -0.379 e. The highest BCUT2D eigenvalue weighted by Crippen LogP contribution is 2.28. The topological polar surface area (TPSA) is 72.9 Å². The van der Waals surface area contributed by atoms with Gasteiger partial charge in [-0.3, -0.25) is 9.78 Å². The van der Waals surface area contributed by atoms with Crippen LogP contribution < -0.4 is 16.6 Å². The summed E-state index contributed by atoms with van der Waals surface area (Å²) in [7, 11) is 1.62. The maximum absolute atomic E-state index is 14.2. The molecule has 3 rings (SSSR count). The molecule has 5 nitrogen and oxygen atoms in total. The normalized spacial score (nSPS) is 17.6. The standard InChI is InChI=1S/C16H21FN4O/c1-21-13(22)6-5-12-15(21)14(11(17)9-19-12)20-10-16(18)7-3-2-4-8-16/h5-6,9H,2-4,7-8,10,18H2,1H3,(H,19,20). The van der Waals surface area contributed by atoms with E-state index in [4.69, 9.17) is 5.73 Å². The summed E-state index contributed by atoms with van der Waals surface area (Å²) in [5.74, 6) is -0.465. The molecule has 0 aliphatic heterocycles. The zero-order valence-corrected chi connectivity index (χ0v) is 12.7. The fourth-order valence-electron chi connectivity index (χ4n) is 3.19. The van der Waals surface area contributed by atoms with Gasteiger partial charge in [-0.25, -0.2) is 4.39 Å². The van der Waals surface area contributed by atoms with Gasteiger partial charge in [-0.2, -0.15) is 0 Å². The van der Waals surface area contributed by atoms with Crippen molar-refractivity contribution in [2.24, 2.45) is 12.8 Å². The van der Waals surface area contributed by atoms with Crippen LogP contribution in [0.5, 0.6) is 0 Å². The molecule has 1 fully saturated rings. The minimum atomic E-state index is -0.465. The van der Waals surface area contributed by atoms with Gasteiger partial charge in [0.2, 0.25) is 0 Å². The van der Waals surface area contributed by atoms with Gasteiger partial charge in [0.25, 0.3) is 5.56 Å². The number of fused-ring (bicyclic) bond motifs is 1. The maximum Gasteiger partial charge on any atom is 0.250 e. The van der Waals surface area contributed by atoms with E-state index in [2.05, 4.69) is 10.3 Å². The Bertz CT molecular complexity index is 750. The number of nitrogens with zero attached hydrogens (tertiary/aromatic N) is 2. The lowest BCUT2D eigenvalue weighted by Crippen LogP contribution is -2.47. The molecule has 0 aromatic carbocycles. The monoisotopic (exact) mass is 304 g/mol. The highest BCUT2D eigenvalue weighted by atomic mass is 19.1. The van der Waals surface area contributed by atoms with E-state index in [1.807, 2.05) is 0 Å². The zero-order valence-electron chi connectivity index (χ0n) is 12.7. The first-order chi connectivity index (χ1) is 10.5. The number of pyridine rings is 2. The molecule has 1 aliphatic carbocycles. The van der Waals surface area contributed by atoms with Crippen LogP contribution in [0.3, 0.4) is 0 Å². The van der Waals surface area contributed by atoms with Gasteiger partial charge in [0, 0.05) is 25.2 Å². The highest BCUT2D eigenvalue weighted by molar-refractivity contribution is 5.88. The van der Waals surface area contributed by atoms with Crippen LogP contribution in [0.2, 0.25) is 0 Å². The number of aromatic nitrogens is 2. The molecule has 2 aromatic heterocycles. The first kappa shape index (κ1) is 15.0. The number of anilines is 1. The summed E-state index contributed by atoms with van der Waals surface area (Å²) < 4.78 is 15.6. The number of nitrogens with two attached hydrogens (primary N) is 1. The smallest absolute Gasteiger partial charge is 0.250 e. The molecule has 1 aliphatic rings. The van der Waals surface area contributed by atoms with Crippen LogP contribution in [-0.2, 0) is 7.05 Å². The van der Waals surface area contributed by atoms with Gasteiger partial charge in [-0.1, -0.05) is 19.3 Å². The molecule has 0 saturated heterocycles. The van der Waals surface area contributed by atoms with E-state index in [0.29, 0.717) is 23.3 Å². The molecule has 0 unspecified atom stereocenters. The first-order valence-electron chi connectivity index (χ1n) is 7.67. The van der Waals surface area contributed by atoms with Crippen molar-refractivity contribution in [3.63, 3.8) is 0 Å². The molecule has 2 heterocycles. The molecule has 0 amide bonds. The molecule has 6 heteroatoms. The van der Waals surface area contributed by atoms with Crippen LogP contribution in [0.1, 0.15) is 32.1 Å². The summed E-state index contributed by atoms with van der Waals surface area (Å²) in [6.07, 6.45) is 6.47. The molecular weight excluding hydrogens is 283 g/mol. The van der Waals surface area contributed by atoms with E-state index in [9.17, 15) is 9.18 Å². The molecule has 0 radical (unpaired) electrons. The molecule has 2 aromatic rings. The van der Waals surface area contributed by atoms with Crippen molar-refractivity contribution in [3.8, 4) is 0 Å². The van der Waals surface area contributed by atoms with Gasteiger partial charge >= 0.3 is 0 Å². The molecular formula is C16H21FN4O. The van der Waals surface area contributed by atoms with Crippen molar-refractivity contribution < 1.29 is 4.39 Å². The number of aryl methyl sites for hydroxylation is 1. The largest absolute Gasteiger partial charge is 0.379 e. The number of nitrogens with one attached hydrogen (secondary N) is 1. The molecule has 22 heavy (non-hydrogen) atoms. The van der Waals surface area contributed by atoms with Crippen LogP contribution in [-0.4, -0.2) is 21.6 Å². The molecule has 0 spiro atoms. The van der Waals surface area contributed by atoms with Crippen LogP contribution >= 0.6 is 0 Å². The van der Waals surface area contributed by atoms with Crippen molar-refractivity contribution in [2.45, 2.75) is 37.6 Å². The second kappa shape index (κ2) is 5.68. The SMILES string of the molecule is Cn1c(=O)ccc2ncc(F)c(NCC3(N)CCCCC3)c21. The molecule has 0 bridgehead atoms. The van der Waals surface area contributed by atoms with Crippen LogP contribution in [0, 0.1) is 5.82 Å². The average Bonchev–Trinajstić information content (AvgIpc) is 2.51. The lowest BCUT2D eigenvalue weighted by Gasteiger charge is -2.34. The van der Waals surface area contributed by atoms with E-state index < -0.39 is 5.82 Å². The van der Waals surface area contributed by atoms with E-state index in [0.717, 1.165) is 25.7 Å². The van der Waals surface area contributed by atoms with Gasteiger partial charge in [-0.15, -0.1) is 0 Å². The van der Waals surface area contributed by atoms with Crippen molar-refractivity contribution in [2.75, 3.05) is 11.9 Å². The fourth-order valence-corrected chi connectivity index (χ4v) is 3.19. The van der Waals surface area contributed by atoms with Crippen LogP contribution in [0.4, 0.5) is 10.1 Å². The Morgan fingerprint density at radius 3 is 2.82 bits per heavy atom. The Balaban J connectivity index is 1.97. The summed E-state index contributed by atoms with van der Waals surface area (Å²) in [5.41, 5.74) is 7.27. The summed E-state index contributed by atoms with van der Waals surface area (Å²) in [4.78, 5) is 15.9. The summed E-state index contributed by atoms with van der Waals surface area (Å²) in [5, 5.41) is 3.13. The van der Waals surface area contributed by atoms with Gasteiger partial charge in [0.1, 0.15) is 0 Å². The second-order valence-corrected chi connectivity index (χ2v) is 6.22. The van der Waals surface area contributed by atoms with Gasteiger partial charge in [0.15, 0.2) is 5.82 Å². The molecule has 3 N–H and O–H groups in total. The Hall–Kier alpha value is -1.95. The van der Waals surface area contributed by atoms with E-state index in [1.54, 1.807) is 13.1 Å². The van der Waals surface area contributed by atoms with Gasteiger partial charge < -0.3 is 15.6 Å². The quantitative estimate of drug-likeness (QED) is 0.911. The van der Waals surface area contributed by atoms with E-state index in [1.165, 1.54) is 23.3 Å². The molecule has 1 saturated carbocycles. The lowest BCUT2D eigenvalue weighted by atomic mass is 9.82. The van der Waals surface area contributed by atoms with Gasteiger partial charge in [-0.05, 0) is 18.9 Å². The average molecular weight is 304 g/mol. The maximum atomic E-state index is 14.2. The molecule has 0 atom stereocenters. The Kier molecular flexibility index (Phi) is 3.87. The number of rotatable bonds is 3. The predicted molar refractivity (Wildman–Crippen MR) is 85.4 cm³/mol. The van der Waals surface area contributed by atoms with Crippen molar-refractivity contribution in [3.05, 3.63) is 34.5 Å². The Morgan fingerprint density at radius 1 is 1.36 bits per heavy atom. The number of hydrogen-bond acceptors (Lipinski definition) is 4. The lowest BCUT2D eigenvalue weighted by molar-refractivity contribution is 0.311. The first-order valence-corrected chi connectivity index (χ1v) is 7.67. The summed E-state index contributed by atoms with van der Waals surface area (Å²) in [6, 6.07) is 3.05. The Labute approximate surface area is 128 Å². The van der Waals surface area contributed by atoms with Crippen LogP contribution in [0.25, 0.3) is 11.0 Å². The Morgan fingerprint density at radius 2 is 2.09 bits per heavy atom. The van der Waals surface area contributed by atoms with Crippen molar-refractivity contribution in [1.29, 1.82) is 0 Å². The number of halogens is 1. The summed E-state index contributed by atoms with van der Waals surface area (Å²) >= 11 is 0. The summed E-state index contributed by atoms with van der Waals surface area (Å²) in [6.45, 7) is 0.492. The number of hydrogen-bond donors (Lipinski definition) is 2. The third-order valence-electron chi connectivity index (χ3n) is 4.55.